The molecule has 2 rings (SSSR count). The quantitative estimate of drug-likeness (QED) is 0.880. The Labute approximate surface area is 145 Å². The molecule has 1 aromatic carbocycles. The van der Waals surface area contributed by atoms with E-state index >= 15 is 0 Å². The van der Waals surface area contributed by atoms with Crippen molar-refractivity contribution in [2.45, 2.75) is 33.1 Å². The lowest BCUT2D eigenvalue weighted by molar-refractivity contribution is -0.120. The molecule has 1 aliphatic rings. The Morgan fingerprint density at radius 2 is 2.08 bits per heavy atom. The number of hydrogen-bond donors (Lipinski definition) is 1. The second-order valence-corrected chi connectivity index (χ2v) is 8.58. The van der Waals surface area contributed by atoms with Crippen molar-refractivity contribution in [1.82, 2.24) is 8.61 Å². The van der Waals surface area contributed by atoms with E-state index in [0.29, 0.717) is 19.4 Å². The summed E-state index contributed by atoms with van der Waals surface area (Å²) in [5.74, 6) is -0.421. The number of amides is 1. The summed E-state index contributed by atoms with van der Waals surface area (Å²) >= 11 is 0. The summed E-state index contributed by atoms with van der Waals surface area (Å²) in [6.45, 7) is 4.73. The lowest BCUT2D eigenvalue weighted by Crippen LogP contribution is -2.47. The number of anilines is 1. The largest absolute Gasteiger partial charge is 0.325 e. The minimum Gasteiger partial charge on any atom is -0.325 e. The van der Waals surface area contributed by atoms with Crippen molar-refractivity contribution in [3.05, 3.63) is 29.3 Å². The molecule has 0 saturated carbocycles. The average molecular weight is 353 g/mol. The minimum atomic E-state index is -3.47. The molecule has 1 aliphatic heterocycles. The van der Waals surface area contributed by atoms with E-state index in [1.807, 2.05) is 25.1 Å². The third-order valence-corrected chi connectivity index (χ3v) is 6.44. The van der Waals surface area contributed by atoms with Crippen LogP contribution in [0.2, 0.25) is 0 Å². The van der Waals surface area contributed by atoms with Crippen LogP contribution in [-0.4, -0.2) is 50.1 Å². The van der Waals surface area contributed by atoms with Crippen LogP contribution in [0.5, 0.6) is 0 Å². The molecule has 0 aliphatic carbocycles. The Hall–Kier alpha value is -1.44. The third kappa shape index (κ3) is 3.96. The first kappa shape index (κ1) is 18.9. The van der Waals surface area contributed by atoms with Gasteiger partial charge in [0.05, 0.1) is 5.92 Å². The number of nitrogens with zero attached hydrogens (tertiary/aromatic N) is 2. The highest BCUT2D eigenvalue weighted by molar-refractivity contribution is 7.86. The number of para-hydroxylation sites is 1. The Balaban J connectivity index is 2.14. The standard InChI is InChI=1S/C17H27N3O3S/c1-5-14-9-6-8-13(2)16(14)18-17(21)15-10-7-11-20(12-15)24(22,23)19(3)4/h6,8-9,15H,5,7,10-12H2,1-4H3,(H,18,21)/t15-/m0/s1. The molecule has 134 valence electrons. The fraction of sp³-hybridized carbons (Fsp3) is 0.588. The fourth-order valence-electron chi connectivity index (χ4n) is 3.02. The molecule has 1 saturated heterocycles. The molecule has 1 heterocycles. The first-order valence-electron chi connectivity index (χ1n) is 8.34. The van der Waals surface area contributed by atoms with E-state index in [1.54, 1.807) is 0 Å². The average Bonchev–Trinajstić information content (AvgIpc) is 2.56. The molecule has 0 aromatic heterocycles. The predicted octanol–water partition coefficient (Wildman–Crippen LogP) is 2.01. The highest BCUT2D eigenvalue weighted by atomic mass is 32.2. The van der Waals surface area contributed by atoms with Gasteiger partial charge in [0.15, 0.2) is 0 Å². The van der Waals surface area contributed by atoms with Gasteiger partial charge >= 0.3 is 0 Å². The van der Waals surface area contributed by atoms with E-state index in [1.165, 1.54) is 22.7 Å². The molecular weight excluding hydrogens is 326 g/mol. The van der Waals surface area contributed by atoms with E-state index in [2.05, 4.69) is 12.2 Å². The van der Waals surface area contributed by atoms with Crippen molar-refractivity contribution in [3.63, 3.8) is 0 Å². The number of piperidine rings is 1. The topological polar surface area (TPSA) is 69.7 Å². The first-order valence-corrected chi connectivity index (χ1v) is 9.74. The maximum absolute atomic E-state index is 12.7. The van der Waals surface area contributed by atoms with E-state index in [9.17, 15) is 13.2 Å². The second-order valence-electron chi connectivity index (χ2n) is 6.44. The van der Waals surface area contributed by atoms with Crippen molar-refractivity contribution in [3.8, 4) is 0 Å². The van der Waals surface area contributed by atoms with E-state index in [0.717, 1.165) is 23.2 Å². The molecule has 0 radical (unpaired) electrons. The van der Waals surface area contributed by atoms with Crippen molar-refractivity contribution in [2.75, 3.05) is 32.5 Å². The first-order chi connectivity index (χ1) is 11.3. The monoisotopic (exact) mass is 353 g/mol. The van der Waals surface area contributed by atoms with Crippen LogP contribution < -0.4 is 5.32 Å². The molecule has 6 nitrogen and oxygen atoms in total. The van der Waals surface area contributed by atoms with Crippen LogP contribution in [0.1, 0.15) is 30.9 Å². The van der Waals surface area contributed by atoms with Crippen molar-refractivity contribution in [2.24, 2.45) is 5.92 Å². The fourth-order valence-corrected chi connectivity index (χ4v) is 4.21. The Kier molecular flexibility index (Phi) is 6.01. The molecular formula is C17H27N3O3S. The third-order valence-electron chi connectivity index (χ3n) is 4.53. The van der Waals surface area contributed by atoms with Gasteiger partial charge in [-0.15, -0.1) is 0 Å². The normalized spacial score (nSPS) is 19.5. The summed E-state index contributed by atoms with van der Waals surface area (Å²) in [5.41, 5.74) is 2.98. The summed E-state index contributed by atoms with van der Waals surface area (Å²) in [6.07, 6.45) is 2.24. The lowest BCUT2D eigenvalue weighted by Gasteiger charge is -2.33. The molecule has 7 heteroatoms. The van der Waals surface area contributed by atoms with Gasteiger partial charge in [-0.2, -0.15) is 17.0 Å². The zero-order valence-corrected chi connectivity index (χ0v) is 15.7. The molecule has 1 amide bonds. The SMILES string of the molecule is CCc1cccc(C)c1NC(=O)[C@H]1CCCN(S(=O)(=O)N(C)C)C1. The van der Waals surface area contributed by atoms with Crippen molar-refractivity contribution < 1.29 is 13.2 Å². The van der Waals surface area contributed by atoms with Gasteiger partial charge in [-0.1, -0.05) is 25.1 Å². The van der Waals surface area contributed by atoms with Crippen molar-refractivity contribution >= 4 is 21.8 Å². The summed E-state index contributed by atoms with van der Waals surface area (Å²) < 4.78 is 27.2. The van der Waals surface area contributed by atoms with Gasteiger partial charge in [-0.25, -0.2) is 0 Å². The van der Waals surface area contributed by atoms with Gasteiger partial charge < -0.3 is 5.32 Å². The Morgan fingerprint density at radius 3 is 2.71 bits per heavy atom. The molecule has 1 aromatic rings. The summed E-state index contributed by atoms with van der Waals surface area (Å²) in [7, 11) is -0.446. The number of nitrogens with one attached hydrogen (secondary N) is 1. The Bertz CT molecular complexity index is 701. The molecule has 24 heavy (non-hydrogen) atoms. The van der Waals surface area contributed by atoms with Gasteiger partial charge in [-0.3, -0.25) is 4.79 Å². The number of rotatable bonds is 5. The van der Waals surface area contributed by atoms with Gasteiger partial charge in [0.2, 0.25) is 5.91 Å². The second kappa shape index (κ2) is 7.63. The van der Waals surface area contributed by atoms with Crippen LogP contribution in [-0.2, 0) is 21.4 Å². The summed E-state index contributed by atoms with van der Waals surface area (Å²) in [4.78, 5) is 12.7. The number of hydrogen-bond acceptors (Lipinski definition) is 3. The van der Waals surface area contributed by atoms with Crippen LogP contribution in [0, 0.1) is 12.8 Å². The number of carbonyl (C=O) groups is 1. The van der Waals surface area contributed by atoms with Crippen molar-refractivity contribution in [1.29, 1.82) is 0 Å². The smallest absolute Gasteiger partial charge is 0.281 e. The molecule has 0 bridgehead atoms. The number of aryl methyl sites for hydroxylation is 2. The van der Waals surface area contributed by atoms with Gasteiger partial charge in [-0.05, 0) is 37.3 Å². The summed E-state index contributed by atoms with van der Waals surface area (Å²) in [6, 6.07) is 5.96. The predicted molar refractivity (Wildman–Crippen MR) is 96.1 cm³/mol. The van der Waals surface area contributed by atoms with E-state index in [-0.39, 0.29) is 18.4 Å². The minimum absolute atomic E-state index is 0.0994. The highest BCUT2D eigenvalue weighted by Gasteiger charge is 2.33. The summed E-state index contributed by atoms with van der Waals surface area (Å²) in [5, 5.41) is 3.03. The van der Waals surface area contributed by atoms with Crippen LogP contribution in [0.4, 0.5) is 5.69 Å². The van der Waals surface area contributed by atoms with Gasteiger partial charge in [0.25, 0.3) is 10.2 Å². The Morgan fingerprint density at radius 1 is 1.38 bits per heavy atom. The molecule has 0 spiro atoms. The maximum atomic E-state index is 12.7. The van der Waals surface area contributed by atoms with E-state index in [4.69, 9.17) is 0 Å². The van der Waals surface area contributed by atoms with Gasteiger partial charge in [0, 0.05) is 32.9 Å². The van der Waals surface area contributed by atoms with Gasteiger partial charge in [0.1, 0.15) is 0 Å². The number of carbonyl (C=O) groups excluding carboxylic acids is 1. The zero-order valence-electron chi connectivity index (χ0n) is 14.9. The molecule has 0 unspecified atom stereocenters. The van der Waals surface area contributed by atoms with Crippen LogP contribution in [0.15, 0.2) is 18.2 Å². The lowest BCUT2D eigenvalue weighted by atomic mass is 9.98. The van der Waals surface area contributed by atoms with E-state index < -0.39 is 10.2 Å². The van der Waals surface area contributed by atoms with Crippen LogP contribution in [0.25, 0.3) is 0 Å². The van der Waals surface area contributed by atoms with Crippen LogP contribution >= 0.6 is 0 Å². The van der Waals surface area contributed by atoms with Crippen LogP contribution in [0.3, 0.4) is 0 Å². The number of benzene rings is 1. The molecule has 1 N–H and O–H groups in total. The zero-order chi connectivity index (χ0) is 17.9. The highest BCUT2D eigenvalue weighted by Crippen LogP contribution is 2.25. The molecule has 1 fully saturated rings. The molecule has 1 atom stereocenters. The maximum Gasteiger partial charge on any atom is 0.281 e.